The molecule has 1 aromatic carbocycles. The summed E-state index contributed by atoms with van der Waals surface area (Å²) in [7, 11) is -3.57. The first-order chi connectivity index (χ1) is 10.1. The lowest BCUT2D eigenvalue weighted by Crippen LogP contribution is -2.49. The molecular weight excluding hydrogens is 300 g/mol. The van der Waals surface area contributed by atoms with E-state index in [0.717, 1.165) is 5.56 Å². The molecule has 3 N–H and O–H groups in total. The van der Waals surface area contributed by atoms with Crippen LogP contribution in [0.3, 0.4) is 0 Å². The van der Waals surface area contributed by atoms with Crippen LogP contribution in [0, 0.1) is 6.92 Å². The van der Waals surface area contributed by atoms with Gasteiger partial charge in [-0.15, -0.1) is 0 Å². The molecule has 1 aromatic rings. The SMILES string of the molecule is CCC(N)(CC)CNS(=O)(=O)c1ccc(OC(C)C)c(C)c1. The van der Waals surface area contributed by atoms with E-state index in [9.17, 15) is 8.42 Å². The van der Waals surface area contributed by atoms with Crippen LogP contribution in [0.4, 0.5) is 0 Å². The highest BCUT2D eigenvalue weighted by Crippen LogP contribution is 2.23. The normalized spacial score (nSPS) is 12.7. The summed E-state index contributed by atoms with van der Waals surface area (Å²) in [4.78, 5) is 0.232. The molecule has 0 spiro atoms. The van der Waals surface area contributed by atoms with Crippen LogP contribution in [-0.4, -0.2) is 26.6 Å². The lowest BCUT2D eigenvalue weighted by Gasteiger charge is -2.26. The number of ether oxygens (including phenoxy) is 1. The summed E-state index contributed by atoms with van der Waals surface area (Å²) in [5, 5.41) is 0. The molecule has 0 aliphatic rings. The van der Waals surface area contributed by atoms with Crippen molar-refractivity contribution in [3.8, 4) is 5.75 Å². The third kappa shape index (κ3) is 4.97. The van der Waals surface area contributed by atoms with Gasteiger partial charge in [0.25, 0.3) is 0 Å². The molecule has 0 amide bonds. The van der Waals surface area contributed by atoms with Crippen molar-refractivity contribution in [1.29, 1.82) is 0 Å². The van der Waals surface area contributed by atoms with Crippen LogP contribution in [0.2, 0.25) is 0 Å². The molecule has 6 heteroatoms. The Morgan fingerprint density at radius 2 is 1.86 bits per heavy atom. The molecule has 0 saturated carbocycles. The predicted octanol–water partition coefficient (Wildman–Crippen LogP) is 2.58. The van der Waals surface area contributed by atoms with Gasteiger partial charge in [0.1, 0.15) is 5.75 Å². The summed E-state index contributed by atoms with van der Waals surface area (Å²) < 4.78 is 33.0. The van der Waals surface area contributed by atoms with Crippen LogP contribution < -0.4 is 15.2 Å². The van der Waals surface area contributed by atoms with Gasteiger partial charge in [-0.3, -0.25) is 0 Å². The van der Waals surface area contributed by atoms with Crippen LogP contribution in [-0.2, 0) is 10.0 Å². The Balaban J connectivity index is 2.92. The lowest BCUT2D eigenvalue weighted by atomic mass is 9.95. The molecule has 0 aromatic heterocycles. The Labute approximate surface area is 134 Å². The maximum atomic E-state index is 12.4. The van der Waals surface area contributed by atoms with Crippen molar-refractivity contribution in [3.63, 3.8) is 0 Å². The van der Waals surface area contributed by atoms with Crippen molar-refractivity contribution in [1.82, 2.24) is 4.72 Å². The predicted molar refractivity (Wildman–Crippen MR) is 89.6 cm³/mol. The first kappa shape index (κ1) is 18.9. The number of nitrogens with one attached hydrogen (secondary N) is 1. The fourth-order valence-corrected chi connectivity index (χ4v) is 3.22. The molecule has 0 atom stereocenters. The number of sulfonamides is 1. The highest BCUT2D eigenvalue weighted by Gasteiger charge is 2.24. The average molecular weight is 328 g/mol. The average Bonchev–Trinajstić information content (AvgIpc) is 2.46. The fraction of sp³-hybridized carbons (Fsp3) is 0.625. The van der Waals surface area contributed by atoms with E-state index in [1.54, 1.807) is 18.2 Å². The molecule has 0 aliphatic carbocycles. The molecule has 0 saturated heterocycles. The molecule has 0 aliphatic heterocycles. The lowest BCUT2D eigenvalue weighted by molar-refractivity contribution is 0.240. The summed E-state index contributed by atoms with van der Waals surface area (Å²) >= 11 is 0. The number of hydrogen-bond acceptors (Lipinski definition) is 4. The maximum absolute atomic E-state index is 12.4. The maximum Gasteiger partial charge on any atom is 0.240 e. The number of nitrogens with two attached hydrogens (primary N) is 1. The Bertz CT molecular complexity index is 593. The highest BCUT2D eigenvalue weighted by molar-refractivity contribution is 7.89. The van der Waals surface area contributed by atoms with E-state index in [1.165, 1.54) is 0 Å². The van der Waals surface area contributed by atoms with Crippen molar-refractivity contribution >= 4 is 10.0 Å². The van der Waals surface area contributed by atoms with Crippen LogP contribution >= 0.6 is 0 Å². The monoisotopic (exact) mass is 328 g/mol. The van der Waals surface area contributed by atoms with Gasteiger partial charge in [0.2, 0.25) is 10.0 Å². The topological polar surface area (TPSA) is 81.4 Å². The summed E-state index contributed by atoms with van der Waals surface area (Å²) in [6, 6.07) is 4.87. The fourth-order valence-electron chi connectivity index (χ4n) is 2.00. The molecule has 1 rings (SSSR count). The second-order valence-electron chi connectivity index (χ2n) is 5.99. The van der Waals surface area contributed by atoms with E-state index >= 15 is 0 Å². The van der Waals surface area contributed by atoms with Gasteiger partial charge in [-0.25, -0.2) is 13.1 Å². The van der Waals surface area contributed by atoms with Crippen molar-refractivity contribution in [2.75, 3.05) is 6.54 Å². The zero-order chi connectivity index (χ0) is 17.0. The van der Waals surface area contributed by atoms with Crippen LogP contribution in [0.5, 0.6) is 5.75 Å². The van der Waals surface area contributed by atoms with E-state index in [-0.39, 0.29) is 17.5 Å². The molecule has 0 fully saturated rings. The van der Waals surface area contributed by atoms with Gasteiger partial charge in [-0.1, -0.05) is 13.8 Å². The van der Waals surface area contributed by atoms with Crippen LogP contribution in [0.25, 0.3) is 0 Å². The quantitative estimate of drug-likeness (QED) is 0.768. The summed E-state index contributed by atoms with van der Waals surface area (Å²) in [6.07, 6.45) is 1.48. The van der Waals surface area contributed by atoms with Crippen molar-refractivity contribution in [2.24, 2.45) is 5.73 Å². The van der Waals surface area contributed by atoms with E-state index in [1.807, 2.05) is 34.6 Å². The van der Waals surface area contributed by atoms with E-state index < -0.39 is 15.6 Å². The minimum Gasteiger partial charge on any atom is -0.491 e. The number of hydrogen-bond donors (Lipinski definition) is 2. The molecule has 5 nitrogen and oxygen atoms in total. The Kier molecular flexibility index (Phi) is 6.40. The minimum atomic E-state index is -3.57. The van der Waals surface area contributed by atoms with Crippen LogP contribution in [0.15, 0.2) is 23.1 Å². The minimum absolute atomic E-state index is 0.0475. The molecule has 0 unspecified atom stereocenters. The molecule has 0 heterocycles. The van der Waals surface area contributed by atoms with Gasteiger partial charge in [0.05, 0.1) is 11.0 Å². The van der Waals surface area contributed by atoms with Crippen molar-refractivity contribution in [3.05, 3.63) is 23.8 Å². The highest BCUT2D eigenvalue weighted by atomic mass is 32.2. The second-order valence-corrected chi connectivity index (χ2v) is 7.75. The Morgan fingerprint density at radius 3 is 2.32 bits per heavy atom. The van der Waals surface area contributed by atoms with Gasteiger partial charge >= 0.3 is 0 Å². The van der Waals surface area contributed by atoms with Gasteiger partial charge in [0, 0.05) is 12.1 Å². The largest absolute Gasteiger partial charge is 0.491 e. The third-order valence-corrected chi connectivity index (χ3v) is 5.24. The summed E-state index contributed by atoms with van der Waals surface area (Å²) in [5.74, 6) is 0.698. The van der Waals surface area contributed by atoms with Gasteiger partial charge in [0.15, 0.2) is 0 Å². The standard InChI is InChI=1S/C16H28N2O3S/c1-6-16(17,7-2)11-18-22(19,20)14-8-9-15(13(5)10-14)21-12(3)4/h8-10,12,18H,6-7,11,17H2,1-5H3. The van der Waals surface area contributed by atoms with Crippen molar-refractivity contribution < 1.29 is 13.2 Å². The first-order valence-electron chi connectivity index (χ1n) is 7.69. The molecule has 0 radical (unpaired) electrons. The second kappa shape index (κ2) is 7.44. The molecular formula is C16H28N2O3S. The molecule has 22 heavy (non-hydrogen) atoms. The van der Waals surface area contributed by atoms with Gasteiger partial charge in [-0.2, -0.15) is 0 Å². The van der Waals surface area contributed by atoms with E-state index in [2.05, 4.69) is 4.72 Å². The van der Waals surface area contributed by atoms with Gasteiger partial charge < -0.3 is 10.5 Å². The van der Waals surface area contributed by atoms with Crippen molar-refractivity contribution in [2.45, 2.75) is 64.0 Å². The van der Waals surface area contributed by atoms with Crippen LogP contribution in [0.1, 0.15) is 46.1 Å². The summed E-state index contributed by atoms with van der Waals surface area (Å²) in [5.41, 5.74) is 6.43. The van der Waals surface area contributed by atoms with Gasteiger partial charge in [-0.05, 0) is 57.4 Å². The third-order valence-electron chi connectivity index (χ3n) is 3.84. The number of rotatable bonds is 8. The van der Waals surface area contributed by atoms with E-state index in [0.29, 0.717) is 18.6 Å². The first-order valence-corrected chi connectivity index (χ1v) is 9.17. The number of aryl methyl sites for hydroxylation is 1. The Morgan fingerprint density at radius 1 is 1.27 bits per heavy atom. The molecule has 0 bridgehead atoms. The zero-order valence-corrected chi connectivity index (χ0v) is 15.0. The zero-order valence-electron chi connectivity index (χ0n) is 14.1. The summed E-state index contributed by atoms with van der Waals surface area (Å²) in [6.45, 7) is 9.84. The Hall–Kier alpha value is -1.11. The molecule has 126 valence electrons. The number of benzene rings is 1. The smallest absolute Gasteiger partial charge is 0.240 e. The van der Waals surface area contributed by atoms with E-state index in [4.69, 9.17) is 10.5 Å².